The zero-order valence-corrected chi connectivity index (χ0v) is 10.1. The third-order valence-electron chi connectivity index (χ3n) is 2.60. The summed E-state index contributed by atoms with van der Waals surface area (Å²) in [5.41, 5.74) is 1.62. The Labute approximate surface area is 106 Å². The number of hydrogen-bond donors (Lipinski definition) is 1. The Morgan fingerprint density at radius 2 is 1.83 bits per heavy atom. The van der Waals surface area contributed by atoms with E-state index in [1.807, 2.05) is 30.3 Å². The predicted octanol–water partition coefficient (Wildman–Crippen LogP) is 2.85. The molecule has 3 nitrogen and oxygen atoms in total. The molecule has 0 saturated heterocycles. The van der Waals surface area contributed by atoms with E-state index in [1.54, 1.807) is 19.1 Å². The molecule has 92 valence electrons. The largest absolute Gasteiger partial charge is 0.504 e. The zero-order chi connectivity index (χ0) is 13.0. The van der Waals surface area contributed by atoms with Crippen molar-refractivity contribution in [2.24, 2.45) is 0 Å². The Balaban J connectivity index is 2.08. The number of esters is 1. The first-order chi connectivity index (χ1) is 8.66. The van der Waals surface area contributed by atoms with Gasteiger partial charge in [-0.25, -0.2) is 0 Å². The van der Waals surface area contributed by atoms with Gasteiger partial charge in [-0.3, -0.25) is 4.79 Å². The fourth-order valence-electron chi connectivity index (χ4n) is 1.68. The van der Waals surface area contributed by atoms with Crippen molar-refractivity contribution in [3.63, 3.8) is 0 Å². The molecule has 0 unspecified atom stereocenters. The lowest BCUT2D eigenvalue weighted by Crippen LogP contribution is -2.11. The van der Waals surface area contributed by atoms with E-state index in [0.29, 0.717) is 0 Å². The van der Waals surface area contributed by atoms with Crippen molar-refractivity contribution in [1.82, 2.24) is 0 Å². The van der Waals surface area contributed by atoms with Crippen molar-refractivity contribution in [2.45, 2.75) is 13.3 Å². The number of phenols is 1. The van der Waals surface area contributed by atoms with Gasteiger partial charge in [-0.1, -0.05) is 42.5 Å². The molecule has 0 saturated carbocycles. The number of para-hydroxylation sites is 1. The highest BCUT2D eigenvalue weighted by atomic mass is 16.5. The number of carbonyl (C=O) groups excluding carboxylic acids is 1. The number of phenolic OH excluding ortho intramolecular Hbond substituents is 1. The van der Waals surface area contributed by atoms with Crippen LogP contribution in [0.2, 0.25) is 0 Å². The van der Waals surface area contributed by atoms with Gasteiger partial charge in [0.25, 0.3) is 0 Å². The fourth-order valence-corrected chi connectivity index (χ4v) is 1.68. The molecule has 0 aliphatic rings. The summed E-state index contributed by atoms with van der Waals surface area (Å²) in [4.78, 5) is 11.8. The highest BCUT2D eigenvalue weighted by Crippen LogP contribution is 2.29. The minimum absolute atomic E-state index is 0.0172. The van der Waals surface area contributed by atoms with Crippen LogP contribution in [0.25, 0.3) is 0 Å². The maximum absolute atomic E-state index is 11.8. The van der Waals surface area contributed by atoms with Crippen molar-refractivity contribution in [1.29, 1.82) is 0 Å². The average Bonchev–Trinajstić information content (AvgIpc) is 2.35. The fraction of sp³-hybridized carbons (Fsp3) is 0.133. The van der Waals surface area contributed by atoms with Gasteiger partial charge < -0.3 is 9.84 Å². The van der Waals surface area contributed by atoms with E-state index in [2.05, 4.69) is 0 Å². The summed E-state index contributed by atoms with van der Waals surface area (Å²) in [6.45, 7) is 1.78. The monoisotopic (exact) mass is 242 g/mol. The van der Waals surface area contributed by atoms with Crippen LogP contribution in [0.5, 0.6) is 11.5 Å². The molecular formula is C15H14O3. The molecule has 0 heterocycles. The SMILES string of the molecule is Cc1cccc(O)c1OC(=O)Cc1ccccc1. The highest BCUT2D eigenvalue weighted by Gasteiger charge is 2.11. The number of rotatable bonds is 3. The van der Waals surface area contributed by atoms with E-state index in [0.717, 1.165) is 11.1 Å². The van der Waals surface area contributed by atoms with Crippen LogP contribution >= 0.6 is 0 Å². The molecule has 18 heavy (non-hydrogen) atoms. The van der Waals surface area contributed by atoms with Crippen LogP contribution in [0.4, 0.5) is 0 Å². The predicted molar refractivity (Wildman–Crippen MR) is 68.6 cm³/mol. The molecular weight excluding hydrogens is 228 g/mol. The Bertz CT molecular complexity index is 527. The van der Waals surface area contributed by atoms with Crippen LogP contribution in [0, 0.1) is 6.92 Å². The summed E-state index contributed by atoms with van der Waals surface area (Å²) < 4.78 is 5.19. The molecule has 0 amide bonds. The van der Waals surface area contributed by atoms with Crippen molar-refractivity contribution in [3.05, 3.63) is 59.7 Å². The Kier molecular flexibility index (Phi) is 3.63. The number of ether oxygens (including phenoxy) is 1. The van der Waals surface area contributed by atoms with Crippen LogP contribution < -0.4 is 4.74 Å². The van der Waals surface area contributed by atoms with Crippen LogP contribution in [0.3, 0.4) is 0 Å². The third kappa shape index (κ3) is 2.88. The molecule has 0 aliphatic heterocycles. The minimum atomic E-state index is -0.384. The Hall–Kier alpha value is -2.29. The van der Waals surface area contributed by atoms with E-state index in [1.165, 1.54) is 6.07 Å². The van der Waals surface area contributed by atoms with Gasteiger partial charge in [0.1, 0.15) is 0 Å². The number of aryl methyl sites for hydroxylation is 1. The molecule has 1 N–H and O–H groups in total. The average molecular weight is 242 g/mol. The number of benzene rings is 2. The Morgan fingerprint density at radius 3 is 2.50 bits per heavy atom. The summed E-state index contributed by atoms with van der Waals surface area (Å²) in [6, 6.07) is 14.3. The summed E-state index contributed by atoms with van der Waals surface area (Å²) in [7, 11) is 0. The van der Waals surface area contributed by atoms with E-state index in [4.69, 9.17) is 4.74 Å². The van der Waals surface area contributed by atoms with Crippen LogP contribution in [0.15, 0.2) is 48.5 Å². The van der Waals surface area contributed by atoms with E-state index >= 15 is 0 Å². The maximum atomic E-state index is 11.8. The Morgan fingerprint density at radius 1 is 1.11 bits per heavy atom. The second-order valence-electron chi connectivity index (χ2n) is 4.06. The molecule has 2 aromatic rings. The van der Waals surface area contributed by atoms with E-state index in [9.17, 15) is 9.90 Å². The van der Waals surface area contributed by atoms with Crippen molar-refractivity contribution >= 4 is 5.97 Å². The minimum Gasteiger partial charge on any atom is -0.504 e. The van der Waals surface area contributed by atoms with Crippen LogP contribution in [0.1, 0.15) is 11.1 Å². The van der Waals surface area contributed by atoms with E-state index in [-0.39, 0.29) is 23.9 Å². The highest BCUT2D eigenvalue weighted by molar-refractivity contribution is 5.76. The molecule has 2 aromatic carbocycles. The van der Waals surface area contributed by atoms with Gasteiger partial charge in [0.2, 0.25) is 0 Å². The van der Waals surface area contributed by atoms with Gasteiger partial charge in [0.05, 0.1) is 6.42 Å². The normalized spacial score (nSPS) is 10.1. The number of carbonyl (C=O) groups is 1. The third-order valence-corrected chi connectivity index (χ3v) is 2.60. The molecule has 0 aliphatic carbocycles. The van der Waals surface area contributed by atoms with Gasteiger partial charge in [-0.15, -0.1) is 0 Å². The molecule has 0 bridgehead atoms. The standard InChI is InChI=1S/C15H14O3/c1-11-6-5-9-13(16)15(11)18-14(17)10-12-7-3-2-4-8-12/h2-9,16H,10H2,1H3. The first-order valence-electron chi connectivity index (χ1n) is 5.70. The van der Waals surface area contributed by atoms with E-state index < -0.39 is 0 Å². The van der Waals surface area contributed by atoms with Gasteiger partial charge in [-0.2, -0.15) is 0 Å². The summed E-state index contributed by atoms with van der Waals surface area (Å²) in [6.07, 6.45) is 0.189. The van der Waals surface area contributed by atoms with Crippen molar-refractivity contribution in [2.75, 3.05) is 0 Å². The first-order valence-corrected chi connectivity index (χ1v) is 5.70. The first kappa shape index (κ1) is 12.2. The van der Waals surface area contributed by atoms with Gasteiger partial charge in [-0.05, 0) is 24.1 Å². The smallest absolute Gasteiger partial charge is 0.315 e. The van der Waals surface area contributed by atoms with Crippen LogP contribution in [-0.4, -0.2) is 11.1 Å². The molecule has 0 atom stereocenters. The van der Waals surface area contributed by atoms with Crippen molar-refractivity contribution in [3.8, 4) is 11.5 Å². The number of aromatic hydroxyl groups is 1. The molecule has 0 spiro atoms. The lowest BCUT2D eigenvalue weighted by Gasteiger charge is -2.08. The molecule has 2 rings (SSSR count). The second kappa shape index (κ2) is 5.36. The van der Waals surface area contributed by atoms with Crippen LogP contribution in [-0.2, 0) is 11.2 Å². The summed E-state index contributed by atoms with van der Waals surface area (Å²) in [5.74, 6) is -0.166. The summed E-state index contributed by atoms with van der Waals surface area (Å²) >= 11 is 0. The molecule has 3 heteroatoms. The second-order valence-corrected chi connectivity index (χ2v) is 4.06. The molecule has 0 fully saturated rings. The van der Waals surface area contributed by atoms with Crippen molar-refractivity contribution < 1.29 is 14.6 Å². The maximum Gasteiger partial charge on any atom is 0.315 e. The number of hydrogen-bond acceptors (Lipinski definition) is 3. The van der Waals surface area contributed by atoms with Gasteiger partial charge in [0, 0.05) is 0 Å². The topological polar surface area (TPSA) is 46.5 Å². The molecule has 0 radical (unpaired) electrons. The molecule has 0 aromatic heterocycles. The van der Waals surface area contributed by atoms with Gasteiger partial charge >= 0.3 is 5.97 Å². The lowest BCUT2D eigenvalue weighted by atomic mass is 10.1. The quantitative estimate of drug-likeness (QED) is 0.665. The zero-order valence-electron chi connectivity index (χ0n) is 10.1. The summed E-state index contributed by atoms with van der Waals surface area (Å²) in [5, 5.41) is 9.63. The van der Waals surface area contributed by atoms with Gasteiger partial charge in [0.15, 0.2) is 11.5 Å². The lowest BCUT2D eigenvalue weighted by molar-refractivity contribution is -0.133.